The fourth-order valence-corrected chi connectivity index (χ4v) is 2.33. The highest BCUT2D eigenvalue weighted by Crippen LogP contribution is 2.38. The lowest BCUT2D eigenvalue weighted by atomic mass is 10.2. The van der Waals surface area contributed by atoms with Gasteiger partial charge in [-0.2, -0.15) is 5.10 Å². The van der Waals surface area contributed by atoms with E-state index in [4.69, 9.17) is 5.73 Å². The van der Waals surface area contributed by atoms with Gasteiger partial charge in [-0.05, 0) is 37.7 Å². The number of aromatic nitrogens is 2. The fourth-order valence-electron chi connectivity index (χ4n) is 2.33. The van der Waals surface area contributed by atoms with Crippen LogP contribution in [0, 0.1) is 0 Å². The van der Waals surface area contributed by atoms with E-state index in [-0.39, 0.29) is 0 Å². The number of nitrogens with zero attached hydrogens (tertiary/aromatic N) is 2. The van der Waals surface area contributed by atoms with Crippen LogP contribution in [0.1, 0.15) is 42.3 Å². The van der Waals surface area contributed by atoms with E-state index in [1.807, 2.05) is 0 Å². The monoisotopic (exact) mass is 177 g/mol. The zero-order valence-corrected chi connectivity index (χ0v) is 7.79. The van der Waals surface area contributed by atoms with Crippen molar-refractivity contribution in [2.75, 3.05) is 0 Å². The van der Waals surface area contributed by atoms with Crippen molar-refractivity contribution in [2.45, 2.75) is 44.7 Å². The van der Waals surface area contributed by atoms with Crippen LogP contribution in [0.2, 0.25) is 0 Å². The molecule has 0 atom stereocenters. The molecule has 0 amide bonds. The molecule has 1 aromatic rings. The van der Waals surface area contributed by atoms with Crippen LogP contribution in [0.3, 0.4) is 0 Å². The molecule has 70 valence electrons. The molecule has 0 aliphatic heterocycles. The second kappa shape index (κ2) is 2.58. The van der Waals surface area contributed by atoms with Crippen LogP contribution >= 0.6 is 0 Å². The summed E-state index contributed by atoms with van der Waals surface area (Å²) in [6.07, 6.45) is 6.36. The molecule has 2 N–H and O–H groups in total. The fraction of sp³-hybridized carbons (Fsp3) is 0.700. The molecule has 2 aliphatic carbocycles. The van der Waals surface area contributed by atoms with Crippen LogP contribution in [0.15, 0.2) is 0 Å². The Hall–Kier alpha value is -0.830. The van der Waals surface area contributed by atoms with Gasteiger partial charge in [-0.15, -0.1) is 0 Å². The van der Waals surface area contributed by atoms with Gasteiger partial charge in [0, 0.05) is 12.2 Å². The summed E-state index contributed by atoms with van der Waals surface area (Å²) >= 11 is 0. The summed E-state index contributed by atoms with van der Waals surface area (Å²) in [5.41, 5.74) is 9.79. The molecule has 1 aromatic heterocycles. The third kappa shape index (κ3) is 1.03. The van der Waals surface area contributed by atoms with Gasteiger partial charge < -0.3 is 5.73 Å². The molecule has 0 unspecified atom stereocenters. The Bertz CT molecular complexity index is 336. The standard InChI is InChI=1S/C10H15N3/c11-6-9-8-2-1-3-10(8)13(12-9)7-4-5-7/h7H,1-6,11H2. The highest BCUT2D eigenvalue weighted by molar-refractivity contribution is 5.31. The van der Waals surface area contributed by atoms with E-state index >= 15 is 0 Å². The van der Waals surface area contributed by atoms with Crippen LogP contribution in [-0.4, -0.2) is 9.78 Å². The molecule has 3 nitrogen and oxygen atoms in total. The van der Waals surface area contributed by atoms with Crippen molar-refractivity contribution in [1.29, 1.82) is 0 Å². The van der Waals surface area contributed by atoms with E-state index in [1.165, 1.54) is 43.4 Å². The molecule has 3 heteroatoms. The topological polar surface area (TPSA) is 43.8 Å². The van der Waals surface area contributed by atoms with Crippen LogP contribution < -0.4 is 5.73 Å². The molecular weight excluding hydrogens is 162 g/mol. The van der Waals surface area contributed by atoms with Crippen molar-refractivity contribution in [3.63, 3.8) is 0 Å². The lowest BCUT2D eigenvalue weighted by Gasteiger charge is -2.01. The first kappa shape index (κ1) is 7.56. The Labute approximate surface area is 77.9 Å². The maximum atomic E-state index is 5.68. The maximum Gasteiger partial charge on any atom is 0.0795 e. The van der Waals surface area contributed by atoms with E-state index < -0.39 is 0 Å². The van der Waals surface area contributed by atoms with Gasteiger partial charge in [-0.1, -0.05) is 0 Å². The predicted molar refractivity (Wildman–Crippen MR) is 50.4 cm³/mol. The Kier molecular flexibility index (Phi) is 1.50. The van der Waals surface area contributed by atoms with Gasteiger partial charge in [-0.3, -0.25) is 4.68 Å². The molecule has 0 aromatic carbocycles. The van der Waals surface area contributed by atoms with Crippen molar-refractivity contribution in [3.05, 3.63) is 17.0 Å². The van der Waals surface area contributed by atoms with Gasteiger partial charge in [0.2, 0.25) is 0 Å². The predicted octanol–water partition coefficient (Wildman–Crippen LogP) is 1.17. The molecule has 13 heavy (non-hydrogen) atoms. The van der Waals surface area contributed by atoms with Crippen molar-refractivity contribution < 1.29 is 0 Å². The molecule has 0 bridgehead atoms. The first-order valence-corrected chi connectivity index (χ1v) is 5.19. The van der Waals surface area contributed by atoms with Crippen LogP contribution in [0.5, 0.6) is 0 Å². The van der Waals surface area contributed by atoms with Gasteiger partial charge in [0.1, 0.15) is 0 Å². The number of hydrogen-bond donors (Lipinski definition) is 1. The van der Waals surface area contributed by atoms with Crippen molar-refractivity contribution in [1.82, 2.24) is 9.78 Å². The summed E-state index contributed by atoms with van der Waals surface area (Å²) in [5.74, 6) is 0. The SMILES string of the molecule is NCc1nn(C2CC2)c2c1CCC2. The number of rotatable bonds is 2. The highest BCUT2D eigenvalue weighted by atomic mass is 15.3. The van der Waals surface area contributed by atoms with Crippen molar-refractivity contribution in [2.24, 2.45) is 5.73 Å². The van der Waals surface area contributed by atoms with E-state index in [9.17, 15) is 0 Å². The molecule has 0 saturated heterocycles. The van der Waals surface area contributed by atoms with Gasteiger partial charge >= 0.3 is 0 Å². The summed E-state index contributed by atoms with van der Waals surface area (Å²) in [6.45, 7) is 0.613. The Balaban J connectivity index is 2.09. The number of hydrogen-bond acceptors (Lipinski definition) is 2. The van der Waals surface area contributed by atoms with Crippen molar-refractivity contribution >= 4 is 0 Å². The molecule has 1 heterocycles. The van der Waals surface area contributed by atoms with Gasteiger partial charge in [0.25, 0.3) is 0 Å². The third-order valence-corrected chi connectivity index (χ3v) is 3.13. The summed E-state index contributed by atoms with van der Waals surface area (Å²) < 4.78 is 2.25. The summed E-state index contributed by atoms with van der Waals surface area (Å²) in [6, 6.07) is 0.715. The highest BCUT2D eigenvalue weighted by Gasteiger charge is 2.31. The average molecular weight is 177 g/mol. The van der Waals surface area contributed by atoms with E-state index in [0.717, 1.165) is 5.69 Å². The van der Waals surface area contributed by atoms with Crippen LogP contribution in [-0.2, 0) is 19.4 Å². The van der Waals surface area contributed by atoms with Gasteiger partial charge in [-0.25, -0.2) is 0 Å². The van der Waals surface area contributed by atoms with E-state index in [2.05, 4.69) is 9.78 Å². The number of fused-ring (bicyclic) bond motifs is 1. The van der Waals surface area contributed by atoms with Crippen molar-refractivity contribution in [3.8, 4) is 0 Å². The second-order valence-corrected chi connectivity index (χ2v) is 4.11. The minimum atomic E-state index is 0.613. The smallest absolute Gasteiger partial charge is 0.0795 e. The Morgan fingerprint density at radius 3 is 2.92 bits per heavy atom. The van der Waals surface area contributed by atoms with Gasteiger partial charge in [0.05, 0.1) is 11.7 Å². The normalized spacial score (nSPS) is 20.7. The summed E-state index contributed by atoms with van der Waals surface area (Å²) in [7, 11) is 0. The minimum Gasteiger partial charge on any atom is -0.325 e. The zero-order valence-electron chi connectivity index (χ0n) is 7.79. The second-order valence-electron chi connectivity index (χ2n) is 4.11. The largest absolute Gasteiger partial charge is 0.325 e. The first-order chi connectivity index (χ1) is 6.40. The molecule has 0 spiro atoms. The Morgan fingerprint density at radius 2 is 2.23 bits per heavy atom. The molecule has 1 fully saturated rings. The first-order valence-electron chi connectivity index (χ1n) is 5.19. The molecule has 3 rings (SSSR count). The summed E-state index contributed by atoms with van der Waals surface area (Å²) in [5, 5.41) is 4.60. The quantitative estimate of drug-likeness (QED) is 0.736. The number of nitrogens with two attached hydrogens (primary N) is 1. The lowest BCUT2D eigenvalue weighted by Crippen LogP contribution is -2.03. The maximum absolute atomic E-state index is 5.68. The molecule has 2 aliphatic rings. The third-order valence-electron chi connectivity index (χ3n) is 3.13. The zero-order chi connectivity index (χ0) is 8.84. The van der Waals surface area contributed by atoms with E-state index in [1.54, 1.807) is 0 Å². The average Bonchev–Trinajstić information content (AvgIpc) is 2.77. The molecule has 1 saturated carbocycles. The minimum absolute atomic E-state index is 0.613. The van der Waals surface area contributed by atoms with E-state index in [0.29, 0.717) is 12.6 Å². The molecular formula is C10H15N3. The Morgan fingerprint density at radius 1 is 1.38 bits per heavy atom. The van der Waals surface area contributed by atoms with Crippen LogP contribution in [0.25, 0.3) is 0 Å². The van der Waals surface area contributed by atoms with Gasteiger partial charge in [0.15, 0.2) is 0 Å². The lowest BCUT2D eigenvalue weighted by molar-refractivity contribution is 0.596. The van der Waals surface area contributed by atoms with Crippen LogP contribution in [0.4, 0.5) is 0 Å². The summed E-state index contributed by atoms with van der Waals surface area (Å²) in [4.78, 5) is 0. The molecule has 0 radical (unpaired) electrons.